The van der Waals surface area contributed by atoms with Gasteiger partial charge in [-0.2, -0.15) is 5.10 Å². The van der Waals surface area contributed by atoms with Crippen molar-refractivity contribution in [2.75, 3.05) is 20.2 Å². The zero-order valence-corrected chi connectivity index (χ0v) is 17.2. The first kappa shape index (κ1) is 20.1. The first-order valence-electron chi connectivity index (χ1n) is 9.89. The molecule has 0 saturated carbocycles. The van der Waals surface area contributed by atoms with Crippen molar-refractivity contribution < 1.29 is 18.7 Å². The number of carbonyl (C=O) groups excluding carboxylic acids is 1. The van der Waals surface area contributed by atoms with E-state index in [-0.39, 0.29) is 23.9 Å². The molecule has 1 aliphatic rings. The predicted octanol–water partition coefficient (Wildman–Crippen LogP) is 3.94. The zero-order valence-electron chi connectivity index (χ0n) is 17.2. The lowest BCUT2D eigenvalue weighted by Crippen LogP contribution is -2.48. The van der Waals surface area contributed by atoms with Gasteiger partial charge in [-0.15, -0.1) is 0 Å². The van der Waals surface area contributed by atoms with Crippen LogP contribution in [0.4, 0.5) is 4.39 Å². The average molecular weight is 409 g/mol. The Kier molecular flexibility index (Phi) is 5.55. The molecule has 156 valence electrons. The molecule has 7 heteroatoms. The highest BCUT2D eigenvalue weighted by Crippen LogP contribution is 2.28. The second-order valence-corrected chi connectivity index (χ2v) is 7.51. The van der Waals surface area contributed by atoms with E-state index in [1.54, 1.807) is 35.0 Å². The Bertz CT molecular complexity index is 1040. The van der Waals surface area contributed by atoms with Crippen LogP contribution in [0.1, 0.15) is 24.2 Å². The van der Waals surface area contributed by atoms with E-state index in [1.165, 1.54) is 12.1 Å². The van der Waals surface area contributed by atoms with Crippen molar-refractivity contribution in [1.29, 1.82) is 0 Å². The van der Waals surface area contributed by atoms with E-state index in [0.29, 0.717) is 35.8 Å². The van der Waals surface area contributed by atoms with Crippen LogP contribution in [0.2, 0.25) is 0 Å². The smallest absolute Gasteiger partial charge is 0.257 e. The third-order valence-electron chi connectivity index (χ3n) is 5.09. The van der Waals surface area contributed by atoms with E-state index in [2.05, 4.69) is 5.10 Å². The molecular formula is C23H24FN3O3. The standard InChI is InChI=1S/C23H24FN3O3/c1-15-12-26(13-16(2)30-15)23(28)21-14-27(19-9-7-18(24)8-10-19)25-22(21)17-5-4-6-20(11-17)29-3/h4-11,14-16H,12-13H2,1-3H3/t15-,16+. The minimum atomic E-state index is -0.327. The number of rotatable bonds is 4. The van der Waals surface area contributed by atoms with E-state index in [4.69, 9.17) is 9.47 Å². The number of nitrogens with zero attached hydrogens (tertiary/aromatic N) is 3. The minimum Gasteiger partial charge on any atom is -0.497 e. The van der Waals surface area contributed by atoms with Gasteiger partial charge in [0.2, 0.25) is 0 Å². The number of benzene rings is 2. The Balaban J connectivity index is 1.78. The Morgan fingerprint density at radius 3 is 2.50 bits per heavy atom. The zero-order chi connectivity index (χ0) is 21.3. The second kappa shape index (κ2) is 8.28. The van der Waals surface area contributed by atoms with Gasteiger partial charge in [0.05, 0.1) is 30.6 Å². The molecule has 2 atom stereocenters. The average Bonchev–Trinajstić information content (AvgIpc) is 3.18. The van der Waals surface area contributed by atoms with E-state index in [1.807, 2.05) is 38.1 Å². The topological polar surface area (TPSA) is 56.6 Å². The van der Waals surface area contributed by atoms with Crippen LogP contribution in [0.15, 0.2) is 54.7 Å². The highest BCUT2D eigenvalue weighted by molar-refractivity contribution is 6.00. The summed E-state index contributed by atoms with van der Waals surface area (Å²) in [6.45, 7) is 4.95. The largest absolute Gasteiger partial charge is 0.497 e. The SMILES string of the molecule is COc1cccc(-c2nn(-c3ccc(F)cc3)cc2C(=O)N2C[C@@H](C)O[C@@H](C)C2)c1. The van der Waals surface area contributed by atoms with Crippen molar-refractivity contribution in [2.45, 2.75) is 26.1 Å². The second-order valence-electron chi connectivity index (χ2n) is 7.51. The maximum absolute atomic E-state index is 13.5. The Labute approximate surface area is 174 Å². The molecule has 2 heterocycles. The van der Waals surface area contributed by atoms with Gasteiger partial charge in [0, 0.05) is 24.8 Å². The predicted molar refractivity (Wildman–Crippen MR) is 111 cm³/mol. The molecule has 0 N–H and O–H groups in total. The van der Waals surface area contributed by atoms with Gasteiger partial charge < -0.3 is 14.4 Å². The van der Waals surface area contributed by atoms with Gasteiger partial charge in [-0.05, 0) is 50.2 Å². The maximum Gasteiger partial charge on any atom is 0.257 e. The van der Waals surface area contributed by atoms with Gasteiger partial charge in [-0.25, -0.2) is 9.07 Å². The molecule has 1 aliphatic heterocycles. The van der Waals surface area contributed by atoms with Gasteiger partial charge >= 0.3 is 0 Å². The molecule has 1 saturated heterocycles. The summed E-state index contributed by atoms with van der Waals surface area (Å²) in [6, 6.07) is 13.4. The van der Waals surface area contributed by atoms with Gasteiger partial charge in [-0.3, -0.25) is 4.79 Å². The molecule has 0 unspecified atom stereocenters. The number of hydrogen-bond acceptors (Lipinski definition) is 4. The summed E-state index contributed by atoms with van der Waals surface area (Å²) in [6.07, 6.45) is 1.63. The summed E-state index contributed by atoms with van der Waals surface area (Å²) >= 11 is 0. The molecule has 1 amide bonds. The molecule has 0 aliphatic carbocycles. The molecular weight excluding hydrogens is 385 g/mol. The summed E-state index contributed by atoms with van der Waals surface area (Å²) in [7, 11) is 1.60. The molecule has 2 aromatic carbocycles. The van der Waals surface area contributed by atoms with E-state index in [9.17, 15) is 9.18 Å². The number of morpholine rings is 1. The van der Waals surface area contributed by atoms with Crippen molar-refractivity contribution in [2.24, 2.45) is 0 Å². The van der Waals surface area contributed by atoms with Crippen molar-refractivity contribution >= 4 is 5.91 Å². The van der Waals surface area contributed by atoms with Gasteiger partial charge in [0.1, 0.15) is 17.3 Å². The first-order valence-corrected chi connectivity index (χ1v) is 9.89. The minimum absolute atomic E-state index is 0.0369. The van der Waals surface area contributed by atoms with E-state index < -0.39 is 0 Å². The van der Waals surface area contributed by atoms with Crippen molar-refractivity contribution in [3.05, 3.63) is 66.1 Å². The quantitative estimate of drug-likeness (QED) is 0.655. The molecule has 6 nitrogen and oxygen atoms in total. The first-order chi connectivity index (χ1) is 14.4. The molecule has 4 rings (SSSR count). The molecule has 0 bridgehead atoms. The van der Waals surface area contributed by atoms with Crippen molar-refractivity contribution in [1.82, 2.24) is 14.7 Å². The fourth-order valence-corrected chi connectivity index (χ4v) is 3.75. The molecule has 3 aromatic rings. The Morgan fingerprint density at radius 1 is 1.13 bits per heavy atom. The van der Waals surface area contributed by atoms with Crippen molar-refractivity contribution in [3.63, 3.8) is 0 Å². The van der Waals surface area contributed by atoms with Gasteiger partial charge in [0.15, 0.2) is 0 Å². The highest BCUT2D eigenvalue weighted by Gasteiger charge is 2.29. The lowest BCUT2D eigenvalue weighted by Gasteiger charge is -2.35. The number of amides is 1. The van der Waals surface area contributed by atoms with Gasteiger partial charge in [-0.1, -0.05) is 12.1 Å². The lowest BCUT2D eigenvalue weighted by atomic mass is 10.1. The molecule has 0 radical (unpaired) electrons. The van der Waals surface area contributed by atoms with Gasteiger partial charge in [0.25, 0.3) is 5.91 Å². The fourth-order valence-electron chi connectivity index (χ4n) is 3.75. The number of ether oxygens (including phenoxy) is 2. The van der Waals surface area contributed by atoms with Crippen LogP contribution in [-0.2, 0) is 4.74 Å². The summed E-state index contributed by atoms with van der Waals surface area (Å²) in [4.78, 5) is 15.3. The number of aromatic nitrogens is 2. The number of methoxy groups -OCH3 is 1. The summed E-state index contributed by atoms with van der Waals surface area (Å²) in [5.74, 6) is 0.241. The van der Waals surface area contributed by atoms with Crippen LogP contribution < -0.4 is 4.74 Å². The third kappa shape index (κ3) is 4.07. The molecule has 0 spiro atoms. The van der Waals surface area contributed by atoms with Crippen LogP contribution in [-0.4, -0.2) is 53.0 Å². The van der Waals surface area contributed by atoms with Crippen LogP contribution in [0, 0.1) is 5.82 Å². The van der Waals surface area contributed by atoms with E-state index >= 15 is 0 Å². The molecule has 30 heavy (non-hydrogen) atoms. The third-order valence-corrected chi connectivity index (χ3v) is 5.09. The lowest BCUT2D eigenvalue weighted by molar-refractivity contribution is -0.0586. The monoisotopic (exact) mass is 409 g/mol. The number of halogens is 1. The molecule has 1 fully saturated rings. The summed E-state index contributed by atoms with van der Waals surface area (Å²) < 4.78 is 26.1. The maximum atomic E-state index is 13.5. The normalized spacial score (nSPS) is 19.0. The van der Waals surface area contributed by atoms with Crippen LogP contribution in [0.25, 0.3) is 16.9 Å². The molecule has 1 aromatic heterocycles. The summed E-state index contributed by atoms with van der Waals surface area (Å²) in [5.41, 5.74) is 2.47. The van der Waals surface area contributed by atoms with Crippen molar-refractivity contribution in [3.8, 4) is 22.7 Å². The highest BCUT2D eigenvalue weighted by atomic mass is 19.1. The number of hydrogen-bond donors (Lipinski definition) is 0. The summed E-state index contributed by atoms with van der Waals surface area (Å²) in [5, 5.41) is 4.67. The fraction of sp³-hybridized carbons (Fsp3) is 0.304. The number of carbonyl (C=O) groups is 1. The Hall–Kier alpha value is -3.19. The Morgan fingerprint density at radius 2 is 1.83 bits per heavy atom. The van der Waals surface area contributed by atoms with Crippen LogP contribution in [0.3, 0.4) is 0 Å². The van der Waals surface area contributed by atoms with E-state index in [0.717, 1.165) is 5.56 Å². The van der Waals surface area contributed by atoms with Crippen LogP contribution >= 0.6 is 0 Å². The van der Waals surface area contributed by atoms with Crippen LogP contribution in [0.5, 0.6) is 5.75 Å².